The average molecular weight is 541 g/mol. The molecule has 1 fully saturated rings. The van der Waals surface area contributed by atoms with Gasteiger partial charge in [0.2, 0.25) is 0 Å². The van der Waals surface area contributed by atoms with Crippen LogP contribution < -0.4 is 5.43 Å². The van der Waals surface area contributed by atoms with E-state index in [0.29, 0.717) is 24.4 Å². The molecule has 2 aromatic carbocycles. The van der Waals surface area contributed by atoms with E-state index in [1.54, 1.807) is 18.2 Å². The number of carbonyl (C=O) groups is 1. The number of H-pyrrole nitrogens is 1. The number of sulfone groups is 1. The highest BCUT2D eigenvalue weighted by Gasteiger charge is 2.45. The molecule has 0 unspecified atom stereocenters. The largest absolute Gasteiger partial charge is 0.416 e. The lowest BCUT2D eigenvalue weighted by Gasteiger charge is -2.40. The van der Waals surface area contributed by atoms with Gasteiger partial charge in [0.25, 0.3) is 5.91 Å². The fourth-order valence-corrected chi connectivity index (χ4v) is 6.78. The van der Waals surface area contributed by atoms with Gasteiger partial charge in [-0.05, 0) is 62.9 Å². The minimum absolute atomic E-state index is 0.101. The van der Waals surface area contributed by atoms with Crippen LogP contribution in [-0.2, 0) is 16.0 Å². The number of pyridine rings is 1. The molecular formula is C25H24ClF3N2O4S. The van der Waals surface area contributed by atoms with Crippen LogP contribution in [-0.4, -0.2) is 42.0 Å². The predicted octanol–water partition coefficient (Wildman–Crippen LogP) is 5.31. The van der Waals surface area contributed by atoms with Crippen molar-refractivity contribution < 1.29 is 26.4 Å². The van der Waals surface area contributed by atoms with Crippen LogP contribution in [0.5, 0.6) is 0 Å². The monoisotopic (exact) mass is 540 g/mol. The Morgan fingerprint density at radius 3 is 2.33 bits per heavy atom. The Hall–Kier alpha value is -2.85. The molecule has 1 saturated heterocycles. The predicted molar refractivity (Wildman–Crippen MR) is 131 cm³/mol. The summed E-state index contributed by atoms with van der Waals surface area (Å²) in [4.78, 5) is 29.7. The molecule has 6 nitrogen and oxygen atoms in total. The maximum absolute atomic E-state index is 13.4. The number of carbonyl (C=O) groups excluding carboxylic acids is 1. The zero-order valence-electron chi connectivity index (χ0n) is 19.5. The van der Waals surface area contributed by atoms with Crippen LogP contribution >= 0.6 is 11.6 Å². The summed E-state index contributed by atoms with van der Waals surface area (Å²) in [6, 6.07) is 9.85. The second-order valence-electron chi connectivity index (χ2n) is 9.41. The first-order valence-corrected chi connectivity index (χ1v) is 13.1. The number of piperidine rings is 1. The van der Waals surface area contributed by atoms with Crippen molar-refractivity contribution in [2.24, 2.45) is 5.92 Å². The molecule has 0 bridgehead atoms. The van der Waals surface area contributed by atoms with Gasteiger partial charge in [0, 0.05) is 19.2 Å². The average Bonchev–Trinajstić information content (AvgIpc) is 2.83. The van der Waals surface area contributed by atoms with Crippen molar-refractivity contribution >= 4 is 38.2 Å². The first-order valence-electron chi connectivity index (χ1n) is 11.3. The van der Waals surface area contributed by atoms with Crippen molar-refractivity contribution in [3.8, 4) is 0 Å². The molecular weight excluding hydrogens is 517 g/mol. The first-order chi connectivity index (χ1) is 16.7. The summed E-state index contributed by atoms with van der Waals surface area (Å²) in [7, 11) is -4.11. The van der Waals surface area contributed by atoms with E-state index in [4.69, 9.17) is 11.6 Å². The molecule has 0 atom stereocenters. The summed E-state index contributed by atoms with van der Waals surface area (Å²) in [5, 5.41) is 0.564. The Balaban J connectivity index is 1.52. The quantitative estimate of drug-likeness (QED) is 0.486. The van der Waals surface area contributed by atoms with Gasteiger partial charge in [-0.25, -0.2) is 8.42 Å². The molecule has 1 aromatic heterocycles. The fraction of sp³-hybridized carbons (Fsp3) is 0.360. The van der Waals surface area contributed by atoms with E-state index in [0.717, 1.165) is 12.1 Å². The molecule has 36 heavy (non-hydrogen) atoms. The van der Waals surface area contributed by atoms with Crippen molar-refractivity contribution in [3.05, 3.63) is 75.0 Å². The number of benzene rings is 2. The number of rotatable bonds is 4. The summed E-state index contributed by atoms with van der Waals surface area (Å²) in [5.74, 6) is -0.790. The fourth-order valence-electron chi connectivity index (χ4n) is 4.69. The number of nitrogens with one attached hydrogen (secondary N) is 1. The van der Waals surface area contributed by atoms with Crippen molar-refractivity contribution in [2.45, 2.75) is 42.5 Å². The standard InChI is InChI=1S/C25H24ClF3N2O4S/c1-24(2,36(34,35)17-6-3-5-16(13-17)25(27,28)29)15-9-11-31(12-10-15)23(33)20-14-21(32)22-18(26)7-4-8-19(22)30-20/h3-8,13-15H,9-12H2,1-2H3,(H,30,32). The number of alkyl halides is 3. The van der Waals surface area contributed by atoms with E-state index in [1.165, 1.54) is 30.9 Å². The van der Waals surface area contributed by atoms with Crippen molar-refractivity contribution in [3.63, 3.8) is 0 Å². The lowest BCUT2D eigenvalue weighted by molar-refractivity contribution is -0.137. The van der Waals surface area contributed by atoms with E-state index >= 15 is 0 Å². The van der Waals surface area contributed by atoms with Gasteiger partial charge < -0.3 is 9.88 Å². The summed E-state index contributed by atoms with van der Waals surface area (Å²) in [5.41, 5.74) is -0.878. The van der Waals surface area contributed by atoms with Crippen molar-refractivity contribution in [1.29, 1.82) is 0 Å². The lowest BCUT2D eigenvalue weighted by Crippen LogP contribution is -2.47. The number of nitrogens with zero attached hydrogens (tertiary/aromatic N) is 1. The molecule has 0 radical (unpaired) electrons. The number of aromatic amines is 1. The van der Waals surface area contributed by atoms with E-state index in [-0.39, 0.29) is 39.5 Å². The van der Waals surface area contributed by atoms with Crippen LogP contribution in [0.2, 0.25) is 5.02 Å². The number of fused-ring (bicyclic) bond motifs is 1. The van der Waals surface area contributed by atoms with Crippen LogP contribution in [0.25, 0.3) is 10.9 Å². The number of hydrogen-bond donors (Lipinski definition) is 1. The van der Waals surface area contributed by atoms with Gasteiger partial charge in [0.15, 0.2) is 15.3 Å². The molecule has 2 heterocycles. The number of likely N-dealkylation sites (tertiary alicyclic amines) is 1. The highest BCUT2D eigenvalue weighted by atomic mass is 35.5. The second kappa shape index (κ2) is 9.23. The minimum atomic E-state index is -4.66. The lowest BCUT2D eigenvalue weighted by atomic mass is 9.85. The molecule has 0 saturated carbocycles. The molecule has 3 aromatic rings. The maximum atomic E-state index is 13.4. The Bertz CT molecular complexity index is 1490. The van der Waals surface area contributed by atoms with Crippen LogP contribution in [0.4, 0.5) is 13.2 Å². The number of hydrogen-bond acceptors (Lipinski definition) is 4. The summed E-state index contributed by atoms with van der Waals surface area (Å²) < 4.78 is 64.8. The van der Waals surface area contributed by atoms with Gasteiger partial charge in [0.1, 0.15) is 5.69 Å². The Kier molecular flexibility index (Phi) is 6.72. The Morgan fingerprint density at radius 1 is 1.06 bits per heavy atom. The van der Waals surface area contributed by atoms with E-state index in [9.17, 15) is 31.2 Å². The molecule has 11 heteroatoms. The first kappa shape index (κ1) is 26.2. The molecule has 4 rings (SSSR count). The summed E-state index contributed by atoms with van der Waals surface area (Å²) in [6.07, 6.45) is -3.99. The highest BCUT2D eigenvalue weighted by molar-refractivity contribution is 7.92. The maximum Gasteiger partial charge on any atom is 0.416 e. The molecule has 1 N–H and O–H groups in total. The zero-order valence-corrected chi connectivity index (χ0v) is 21.1. The Labute approximate surface area is 211 Å². The van der Waals surface area contributed by atoms with Crippen LogP contribution in [0.1, 0.15) is 42.7 Å². The van der Waals surface area contributed by atoms with E-state index in [2.05, 4.69) is 4.98 Å². The van der Waals surface area contributed by atoms with Crippen LogP contribution in [0, 0.1) is 5.92 Å². The molecule has 1 aliphatic heterocycles. The smallest absolute Gasteiger partial charge is 0.350 e. The van der Waals surface area contributed by atoms with Crippen LogP contribution in [0.3, 0.4) is 0 Å². The van der Waals surface area contributed by atoms with Crippen LogP contribution in [0.15, 0.2) is 58.2 Å². The second-order valence-corrected chi connectivity index (χ2v) is 12.3. The topological polar surface area (TPSA) is 87.3 Å². The molecule has 192 valence electrons. The van der Waals surface area contributed by atoms with Crippen molar-refractivity contribution in [1.82, 2.24) is 9.88 Å². The highest BCUT2D eigenvalue weighted by Crippen LogP contribution is 2.39. The number of aromatic nitrogens is 1. The van der Waals surface area contributed by atoms with Gasteiger partial charge in [-0.2, -0.15) is 13.2 Å². The van der Waals surface area contributed by atoms with Gasteiger partial charge >= 0.3 is 6.18 Å². The van der Waals surface area contributed by atoms with Crippen molar-refractivity contribution in [2.75, 3.05) is 13.1 Å². The minimum Gasteiger partial charge on any atom is -0.350 e. The summed E-state index contributed by atoms with van der Waals surface area (Å²) >= 11 is 6.09. The van der Waals surface area contributed by atoms with E-state index in [1.807, 2.05) is 0 Å². The van der Waals surface area contributed by atoms with Gasteiger partial charge in [-0.1, -0.05) is 23.7 Å². The third kappa shape index (κ3) is 4.64. The Morgan fingerprint density at radius 2 is 1.69 bits per heavy atom. The number of halogens is 4. The number of amides is 1. The van der Waals surface area contributed by atoms with Gasteiger partial charge in [-0.3, -0.25) is 9.59 Å². The normalized spacial score (nSPS) is 15.9. The molecule has 0 aliphatic carbocycles. The van der Waals surface area contributed by atoms with Gasteiger partial charge in [0.05, 0.1) is 31.1 Å². The third-order valence-corrected chi connectivity index (χ3v) is 9.87. The third-order valence-electron chi connectivity index (χ3n) is 6.96. The molecule has 1 amide bonds. The summed E-state index contributed by atoms with van der Waals surface area (Å²) in [6.45, 7) is 3.49. The van der Waals surface area contributed by atoms with Gasteiger partial charge in [-0.15, -0.1) is 0 Å². The molecule has 0 spiro atoms. The molecule has 1 aliphatic rings. The van der Waals surface area contributed by atoms with E-state index < -0.39 is 38.1 Å². The zero-order chi connectivity index (χ0) is 26.5. The SMILES string of the molecule is CC(C)(C1CCN(C(=O)c2cc(=O)c3c(Cl)cccc3[nH]2)CC1)S(=O)(=O)c1cccc(C(F)(F)F)c1.